The Morgan fingerprint density at radius 2 is 1.67 bits per heavy atom. The minimum absolute atomic E-state index is 0.105. The fraction of sp³-hybridized carbons (Fsp3) is 0.0556. The first kappa shape index (κ1) is 16.9. The second kappa shape index (κ2) is 7.38. The Labute approximate surface area is 159 Å². The van der Waals surface area contributed by atoms with Crippen molar-refractivity contribution in [1.29, 1.82) is 0 Å². The van der Waals surface area contributed by atoms with Crippen LogP contribution in [0.25, 0.3) is 11.5 Å². The predicted molar refractivity (Wildman–Crippen MR) is 102 cm³/mol. The van der Waals surface area contributed by atoms with E-state index in [9.17, 15) is 0 Å². The number of nitrogens with zero attached hydrogens (tertiary/aromatic N) is 5. The van der Waals surface area contributed by atoms with Gasteiger partial charge >= 0.3 is 0 Å². The maximum atomic E-state index is 6.16. The molecule has 0 saturated carbocycles. The molecule has 8 nitrogen and oxygen atoms in total. The van der Waals surface area contributed by atoms with Crippen molar-refractivity contribution in [2.24, 2.45) is 0 Å². The van der Waals surface area contributed by atoms with Crippen LogP contribution in [0.4, 0.5) is 17.6 Å². The van der Waals surface area contributed by atoms with Crippen molar-refractivity contribution in [3.8, 4) is 11.5 Å². The minimum atomic E-state index is 0.105. The molecule has 0 atom stereocenters. The van der Waals surface area contributed by atoms with Crippen LogP contribution in [0.5, 0.6) is 0 Å². The van der Waals surface area contributed by atoms with Crippen molar-refractivity contribution >= 4 is 29.2 Å². The quantitative estimate of drug-likeness (QED) is 0.541. The fourth-order valence-electron chi connectivity index (χ4n) is 2.43. The lowest BCUT2D eigenvalue weighted by Crippen LogP contribution is -2.08. The highest BCUT2D eigenvalue weighted by molar-refractivity contribution is 6.33. The minimum Gasteiger partial charge on any atom is -0.368 e. The van der Waals surface area contributed by atoms with Gasteiger partial charge in [-0.3, -0.25) is 0 Å². The van der Waals surface area contributed by atoms with Gasteiger partial charge in [0.2, 0.25) is 11.9 Å². The molecule has 0 fully saturated rings. The Balaban J connectivity index is 1.56. The Kier molecular flexibility index (Phi) is 4.63. The van der Waals surface area contributed by atoms with E-state index in [0.29, 0.717) is 34.1 Å². The smallest absolute Gasteiger partial charge is 0.259 e. The molecule has 9 heteroatoms. The molecule has 2 heterocycles. The number of anilines is 3. The third-order valence-electron chi connectivity index (χ3n) is 3.62. The van der Waals surface area contributed by atoms with E-state index in [1.54, 1.807) is 6.07 Å². The van der Waals surface area contributed by atoms with E-state index >= 15 is 0 Å². The highest BCUT2D eigenvalue weighted by Gasteiger charge is 2.14. The van der Waals surface area contributed by atoms with Gasteiger partial charge in [0.15, 0.2) is 5.82 Å². The molecule has 4 rings (SSSR count). The first-order valence-electron chi connectivity index (χ1n) is 8.07. The summed E-state index contributed by atoms with van der Waals surface area (Å²) in [5.41, 5.74) is 7.31. The second-order valence-corrected chi connectivity index (χ2v) is 6.00. The van der Waals surface area contributed by atoms with Crippen molar-refractivity contribution in [3.05, 3.63) is 71.3 Å². The zero-order chi connectivity index (χ0) is 18.6. The molecule has 0 aliphatic rings. The Morgan fingerprint density at radius 3 is 2.48 bits per heavy atom. The van der Waals surface area contributed by atoms with Crippen LogP contribution in [0.15, 0.2) is 59.1 Å². The topological polar surface area (TPSA) is 116 Å². The number of halogens is 1. The van der Waals surface area contributed by atoms with Crippen LogP contribution in [-0.4, -0.2) is 25.1 Å². The first-order chi connectivity index (χ1) is 13.2. The molecule has 0 unspecified atom stereocenters. The third-order valence-corrected chi connectivity index (χ3v) is 3.95. The van der Waals surface area contributed by atoms with Gasteiger partial charge in [-0.25, -0.2) is 0 Å². The van der Waals surface area contributed by atoms with Gasteiger partial charge < -0.3 is 15.6 Å². The molecule has 0 saturated heterocycles. The second-order valence-electron chi connectivity index (χ2n) is 5.60. The van der Waals surface area contributed by atoms with Gasteiger partial charge in [0.05, 0.1) is 17.0 Å². The SMILES string of the molecule is Nc1nc(Cc2noc(-c3ccccc3Cl)n2)nc(Nc2ccccc2)n1. The summed E-state index contributed by atoms with van der Waals surface area (Å²) in [7, 11) is 0. The number of hydrogen-bond donors (Lipinski definition) is 2. The van der Waals surface area contributed by atoms with Gasteiger partial charge in [0, 0.05) is 5.69 Å². The Hall–Kier alpha value is -3.52. The number of nitrogen functional groups attached to an aromatic ring is 1. The number of nitrogens with two attached hydrogens (primary N) is 1. The highest BCUT2D eigenvalue weighted by atomic mass is 35.5. The van der Waals surface area contributed by atoms with Gasteiger partial charge in [-0.15, -0.1) is 0 Å². The molecule has 4 aromatic rings. The average molecular weight is 380 g/mol. The van der Waals surface area contributed by atoms with Crippen LogP contribution in [-0.2, 0) is 6.42 Å². The normalized spacial score (nSPS) is 10.7. The largest absolute Gasteiger partial charge is 0.368 e. The number of rotatable bonds is 5. The average Bonchev–Trinajstić information content (AvgIpc) is 3.10. The predicted octanol–water partition coefficient (Wildman–Crippen LogP) is 3.49. The highest BCUT2D eigenvalue weighted by Crippen LogP contribution is 2.26. The zero-order valence-corrected chi connectivity index (χ0v) is 14.8. The summed E-state index contributed by atoms with van der Waals surface area (Å²) in [5, 5.41) is 7.59. The maximum Gasteiger partial charge on any atom is 0.259 e. The van der Waals surface area contributed by atoms with Crippen LogP contribution in [0.1, 0.15) is 11.6 Å². The van der Waals surface area contributed by atoms with Crippen molar-refractivity contribution in [2.45, 2.75) is 6.42 Å². The number of aromatic nitrogens is 5. The summed E-state index contributed by atoms with van der Waals surface area (Å²) in [6.45, 7) is 0. The molecule has 0 radical (unpaired) electrons. The Bertz CT molecular complexity index is 1070. The van der Waals surface area contributed by atoms with Gasteiger partial charge in [-0.05, 0) is 24.3 Å². The Morgan fingerprint density at radius 1 is 0.889 bits per heavy atom. The van der Waals surface area contributed by atoms with Crippen LogP contribution >= 0.6 is 11.6 Å². The molecule has 27 heavy (non-hydrogen) atoms. The maximum absolute atomic E-state index is 6.16. The fourth-order valence-corrected chi connectivity index (χ4v) is 2.65. The van der Waals surface area contributed by atoms with E-state index in [-0.39, 0.29) is 12.4 Å². The lowest BCUT2D eigenvalue weighted by atomic mass is 10.2. The van der Waals surface area contributed by atoms with E-state index in [1.165, 1.54) is 0 Å². The van der Waals surface area contributed by atoms with E-state index in [0.717, 1.165) is 5.69 Å². The van der Waals surface area contributed by atoms with Crippen LogP contribution in [0, 0.1) is 0 Å². The van der Waals surface area contributed by atoms with Crippen LogP contribution in [0.2, 0.25) is 5.02 Å². The van der Waals surface area contributed by atoms with Crippen molar-refractivity contribution in [1.82, 2.24) is 25.1 Å². The number of benzene rings is 2. The van der Waals surface area contributed by atoms with Crippen molar-refractivity contribution < 1.29 is 4.52 Å². The molecule has 0 aliphatic heterocycles. The first-order valence-corrected chi connectivity index (χ1v) is 8.45. The molecule has 134 valence electrons. The lowest BCUT2D eigenvalue weighted by Gasteiger charge is -2.06. The van der Waals surface area contributed by atoms with Gasteiger partial charge in [-0.2, -0.15) is 19.9 Å². The van der Waals surface area contributed by atoms with E-state index in [4.69, 9.17) is 21.9 Å². The summed E-state index contributed by atoms with van der Waals surface area (Å²) in [6, 6.07) is 16.8. The molecule has 3 N–H and O–H groups in total. The van der Waals surface area contributed by atoms with Gasteiger partial charge in [0.1, 0.15) is 5.82 Å². The third kappa shape index (κ3) is 4.01. The lowest BCUT2D eigenvalue weighted by molar-refractivity contribution is 0.423. The molecule has 2 aromatic carbocycles. The summed E-state index contributed by atoms with van der Waals surface area (Å²) >= 11 is 6.16. The van der Waals surface area contributed by atoms with E-state index in [1.807, 2.05) is 48.5 Å². The summed E-state index contributed by atoms with van der Waals surface area (Å²) < 4.78 is 5.30. The number of nitrogens with one attached hydrogen (secondary N) is 1. The van der Waals surface area contributed by atoms with Crippen molar-refractivity contribution in [3.63, 3.8) is 0 Å². The van der Waals surface area contributed by atoms with Gasteiger partial charge in [0.25, 0.3) is 5.89 Å². The molecule has 0 amide bonds. The van der Waals surface area contributed by atoms with E-state index < -0.39 is 0 Å². The van der Waals surface area contributed by atoms with E-state index in [2.05, 4.69) is 30.4 Å². The van der Waals surface area contributed by atoms with Crippen molar-refractivity contribution in [2.75, 3.05) is 11.1 Å². The number of para-hydroxylation sites is 1. The van der Waals surface area contributed by atoms with Crippen LogP contribution < -0.4 is 11.1 Å². The van der Waals surface area contributed by atoms with Gasteiger partial charge in [-0.1, -0.05) is 47.1 Å². The number of hydrogen-bond acceptors (Lipinski definition) is 8. The molecular weight excluding hydrogens is 366 g/mol. The molecule has 0 aliphatic carbocycles. The van der Waals surface area contributed by atoms with Crippen LogP contribution in [0.3, 0.4) is 0 Å². The summed E-state index contributed by atoms with van der Waals surface area (Å²) in [5.74, 6) is 1.63. The molecule has 0 bridgehead atoms. The monoisotopic (exact) mass is 379 g/mol. The molecular formula is C18H14ClN7O. The standard InChI is InChI=1S/C18H14ClN7O/c19-13-9-5-4-8-12(13)16-22-15(26-27-16)10-14-23-17(20)25-18(24-14)21-11-6-2-1-3-7-11/h1-9H,10H2,(H3,20,21,23,24,25). The molecule has 0 spiro atoms. The summed E-state index contributed by atoms with van der Waals surface area (Å²) in [6.07, 6.45) is 0.240. The summed E-state index contributed by atoms with van der Waals surface area (Å²) in [4.78, 5) is 17.0. The molecule has 2 aromatic heterocycles. The zero-order valence-electron chi connectivity index (χ0n) is 14.0.